The van der Waals surface area contributed by atoms with E-state index >= 15 is 0 Å². The Hall–Kier alpha value is -3.31. The van der Waals surface area contributed by atoms with Gasteiger partial charge in [0, 0.05) is 41.3 Å². The summed E-state index contributed by atoms with van der Waals surface area (Å²) in [5, 5.41) is 0. The lowest BCUT2D eigenvalue weighted by atomic mass is 9.88. The van der Waals surface area contributed by atoms with Gasteiger partial charge in [-0.1, -0.05) is 35.9 Å². The normalized spacial score (nSPS) is 15.5. The van der Waals surface area contributed by atoms with Crippen molar-refractivity contribution in [1.82, 2.24) is 14.9 Å². The van der Waals surface area contributed by atoms with Crippen LogP contribution in [0.2, 0.25) is 0 Å². The molecule has 1 aromatic carbocycles. The van der Waals surface area contributed by atoms with E-state index in [0.29, 0.717) is 11.7 Å². The molecule has 0 unspecified atom stereocenters. The molecule has 2 aromatic heterocycles. The van der Waals surface area contributed by atoms with Gasteiger partial charge in [-0.2, -0.15) is 0 Å². The maximum absolute atomic E-state index is 11.5. The highest BCUT2D eigenvalue weighted by Gasteiger charge is 2.21. The second kappa shape index (κ2) is 10.1. The van der Waals surface area contributed by atoms with Crippen LogP contribution in [-0.2, 0) is 0 Å². The van der Waals surface area contributed by atoms with Crippen LogP contribution < -0.4 is 5.73 Å². The summed E-state index contributed by atoms with van der Waals surface area (Å²) in [6.45, 7) is 8.96. The molecule has 0 aliphatic carbocycles. The first-order chi connectivity index (χ1) is 15.9. The lowest BCUT2D eigenvalue weighted by molar-refractivity contribution is 0.101. The number of anilines is 1. The molecule has 0 bridgehead atoms. The standard InChI is InChI=1S/C28H32N4O/c1-19(16-27-20(2)30-13-10-26(27)25-8-9-28(29)31-17-25)18-32-14-11-24(12-15-32)23-6-4-22(5-7-23)21(3)33/h4-10,13,16-17,24H,11-12,14-15,18H2,1-3H3,(H2,29,31)/b19-16+. The van der Waals surface area contributed by atoms with Crippen LogP contribution in [0.15, 0.2) is 60.4 Å². The van der Waals surface area contributed by atoms with Crippen molar-refractivity contribution in [2.45, 2.75) is 39.5 Å². The minimum Gasteiger partial charge on any atom is -0.384 e. The largest absolute Gasteiger partial charge is 0.384 e. The Kier molecular flexibility index (Phi) is 6.99. The minimum atomic E-state index is 0.123. The molecule has 1 saturated heterocycles. The number of aromatic nitrogens is 2. The Morgan fingerprint density at radius 1 is 1.06 bits per heavy atom. The van der Waals surface area contributed by atoms with Crippen molar-refractivity contribution in [1.29, 1.82) is 0 Å². The number of carbonyl (C=O) groups is 1. The Bertz CT molecular complexity index is 1140. The van der Waals surface area contributed by atoms with Gasteiger partial charge in [0.05, 0.1) is 0 Å². The summed E-state index contributed by atoms with van der Waals surface area (Å²) in [5.74, 6) is 1.21. The first kappa shape index (κ1) is 22.9. The van der Waals surface area contributed by atoms with E-state index in [4.69, 9.17) is 5.73 Å². The number of ketones is 1. The Balaban J connectivity index is 1.42. The third-order valence-electron chi connectivity index (χ3n) is 6.53. The van der Waals surface area contributed by atoms with E-state index in [1.54, 1.807) is 6.92 Å². The van der Waals surface area contributed by atoms with E-state index in [1.807, 2.05) is 42.7 Å². The summed E-state index contributed by atoms with van der Waals surface area (Å²) in [4.78, 5) is 22.8. The fraction of sp³-hybridized carbons (Fsp3) is 0.321. The molecule has 3 aromatic rings. The fourth-order valence-corrected chi connectivity index (χ4v) is 4.64. The molecule has 0 spiro atoms. The number of nitrogens with two attached hydrogens (primary N) is 1. The second-order valence-corrected chi connectivity index (χ2v) is 9.05. The van der Waals surface area contributed by atoms with Gasteiger partial charge in [-0.3, -0.25) is 14.7 Å². The Morgan fingerprint density at radius 2 is 1.79 bits per heavy atom. The highest BCUT2D eigenvalue weighted by molar-refractivity contribution is 5.94. The van der Waals surface area contributed by atoms with Gasteiger partial charge in [-0.15, -0.1) is 0 Å². The molecule has 1 fully saturated rings. The summed E-state index contributed by atoms with van der Waals surface area (Å²) >= 11 is 0. The van der Waals surface area contributed by atoms with Gasteiger partial charge < -0.3 is 5.73 Å². The molecular formula is C28H32N4O. The Labute approximate surface area is 196 Å². The number of rotatable bonds is 6. The quantitative estimate of drug-likeness (QED) is 0.511. The molecule has 3 heterocycles. The summed E-state index contributed by atoms with van der Waals surface area (Å²) in [6.07, 6.45) is 8.22. The van der Waals surface area contributed by atoms with Crippen molar-refractivity contribution < 1.29 is 4.79 Å². The zero-order chi connectivity index (χ0) is 23.4. The summed E-state index contributed by atoms with van der Waals surface area (Å²) in [5.41, 5.74) is 13.5. The first-order valence-electron chi connectivity index (χ1n) is 11.6. The molecule has 0 amide bonds. The van der Waals surface area contributed by atoms with E-state index < -0.39 is 0 Å². The van der Waals surface area contributed by atoms with Gasteiger partial charge in [0.25, 0.3) is 0 Å². The number of hydrogen-bond acceptors (Lipinski definition) is 5. The number of nitrogen functional groups attached to an aromatic ring is 1. The summed E-state index contributed by atoms with van der Waals surface area (Å²) < 4.78 is 0. The Morgan fingerprint density at radius 3 is 2.42 bits per heavy atom. The van der Waals surface area contributed by atoms with E-state index in [0.717, 1.165) is 60.4 Å². The fourth-order valence-electron chi connectivity index (χ4n) is 4.64. The van der Waals surface area contributed by atoms with Crippen LogP contribution >= 0.6 is 0 Å². The zero-order valence-corrected chi connectivity index (χ0v) is 19.7. The molecule has 0 atom stereocenters. The predicted octanol–water partition coefficient (Wildman–Crippen LogP) is 5.52. The highest BCUT2D eigenvalue weighted by atomic mass is 16.1. The number of pyridine rings is 2. The van der Waals surface area contributed by atoms with Crippen LogP contribution in [0.25, 0.3) is 17.2 Å². The monoisotopic (exact) mass is 440 g/mol. The SMILES string of the molecule is CC(=O)c1ccc(C2CCN(C/C(C)=C/c3c(-c4ccc(N)nc4)ccnc3C)CC2)cc1. The maximum Gasteiger partial charge on any atom is 0.159 e. The van der Waals surface area contributed by atoms with Gasteiger partial charge in [-0.25, -0.2) is 4.98 Å². The molecular weight excluding hydrogens is 408 g/mol. The number of Topliss-reactive ketones (excluding diaryl/α,β-unsaturated/α-hetero) is 1. The van der Waals surface area contributed by atoms with Crippen LogP contribution in [-0.4, -0.2) is 40.3 Å². The van der Waals surface area contributed by atoms with Gasteiger partial charge in [0.15, 0.2) is 5.78 Å². The third-order valence-corrected chi connectivity index (χ3v) is 6.53. The van der Waals surface area contributed by atoms with Crippen molar-refractivity contribution in [2.24, 2.45) is 0 Å². The van der Waals surface area contributed by atoms with Crippen molar-refractivity contribution in [3.63, 3.8) is 0 Å². The van der Waals surface area contributed by atoms with Crippen molar-refractivity contribution in [2.75, 3.05) is 25.4 Å². The molecule has 1 aliphatic rings. The van der Waals surface area contributed by atoms with Crippen molar-refractivity contribution in [3.8, 4) is 11.1 Å². The van der Waals surface area contributed by atoms with Crippen LogP contribution in [0.5, 0.6) is 0 Å². The van der Waals surface area contributed by atoms with E-state index in [1.165, 1.54) is 11.1 Å². The van der Waals surface area contributed by atoms with Gasteiger partial charge in [-0.05, 0) is 81.9 Å². The van der Waals surface area contributed by atoms with Crippen LogP contribution in [0, 0.1) is 6.92 Å². The maximum atomic E-state index is 11.5. The third kappa shape index (κ3) is 5.55. The number of piperidine rings is 1. The molecule has 0 radical (unpaired) electrons. The van der Waals surface area contributed by atoms with Crippen LogP contribution in [0.4, 0.5) is 5.82 Å². The molecule has 33 heavy (non-hydrogen) atoms. The number of carbonyl (C=O) groups excluding carboxylic acids is 1. The van der Waals surface area contributed by atoms with E-state index in [-0.39, 0.29) is 5.78 Å². The number of nitrogens with zero attached hydrogens (tertiary/aromatic N) is 3. The lowest BCUT2D eigenvalue weighted by Gasteiger charge is -2.32. The molecule has 2 N–H and O–H groups in total. The number of aryl methyl sites for hydroxylation is 1. The van der Waals surface area contributed by atoms with E-state index in [2.05, 4.69) is 46.9 Å². The molecule has 5 nitrogen and oxygen atoms in total. The lowest BCUT2D eigenvalue weighted by Crippen LogP contribution is -2.34. The highest BCUT2D eigenvalue weighted by Crippen LogP contribution is 2.30. The van der Waals surface area contributed by atoms with Crippen LogP contribution in [0.1, 0.15) is 59.8 Å². The average molecular weight is 441 g/mol. The van der Waals surface area contributed by atoms with Gasteiger partial charge in [0.1, 0.15) is 5.82 Å². The van der Waals surface area contributed by atoms with Gasteiger partial charge in [0.2, 0.25) is 0 Å². The topological polar surface area (TPSA) is 72.1 Å². The summed E-state index contributed by atoms with van der Waals surface area (Å²) in [7, 11) is 0. The smallest absolute Gasteiger partial charge is 0.159 e. The second-order valence-electron chi connectivity index (χ2n) is 9.05. The molecule has 170 valence electrons. The van der Waals surface area contributed by atoms with Crippen molar-refractivity contribution in [3.05, 3.63) is 82.8 Å². The van der Waals surface area contributed by atoms with Crippen molar-refractivity contribution >= 4 is 17.7 Å². The van der Waals surface area contributed by atoms with Crippen LogP contribution in [0.3, 0.4) is 0 Å². The first-order valence-corrected chi connectivity index (χ1v) is 11.6. The summed E-state index contributed by atoms with van der Waals surface area (Å²) in [6, 6.07) is 14.1. The molecule has 5 heteroatoms. The molecule has 0 saturated carbocycles. The predicted molar refractivity (Wildman–Crippen MR) is 135 cm³/mol. The van der Waals surface area contributed by atoms with E-state index in [9.17, 15) is 4.79 Å². The zero-order valence-electron chi connectivity index (χ0n) is 19.7. The average Bonchev–Trinajstić information content (AvgIpc) is 2.81. The molecule has 1 aliphatic heterocycles. The molecule has 4 rings (SSSR count). The number of hydrogen-bond donors (Lipinski definition) is 1. The van der Waals surface area contributed by atoms with Gasteiger partial charge >= 0.3 is 0 Å². The number of likely N-dealkylation sites (tertiary alicyclic amines) is 1. The minimum absolute atomic E-state index is 0.123. The number of benzene rings is 1.